The Kier molecular flexibility index (Phi) is 2.05. The highest BCUT2D eigenvalue weighted by Crippen LogP contribution is 2.35. The Hall–Kier alpha value is -0.570. The van der Waals surface area contributed by atoms with Gasteiger partial charge in [0.2, 0.25) is 0 Å². The normalized spacial score (nSPS) is 40.8. The van der Waals surface area contributed by atoms with E-state index in [4.69, 9.17) is 5.11 Å². The lowest BCUT2D eigenvalue weighted by molar-refractivity contribution is -0.140. The summed E-state index contributed by atoms with van der Waals surface area (Å²) in [5.41, 5.74) is 0. The zero-order valence-electron chi connectivity index (χ0n) is 7.12. The van der Waals surface area contributed by atoms with Gasteiger partial charge in [-0.05, 0) is 31.2 Å². The summed E-state index contributed by atoms with van der Waals surface area (Å²) >= 11 is 0. The molecule has 3 atom stereocenters. The average molecular weight is 169 g/mol. The zero-order valence-corrected chi connectivity index (χ0v) is 7.12. The molecule has 3 nitrogen and oxygen atoms in total. The maximum absolute atomic E-state index is 10.8. The van der Waals surface area contributed by atoms with Crippen molar-refractivity contribution in [1.82, 2.24) is 5.32 Å². The van der Waals surface area contributed by atoms with E-state index in [2.05, 4.69) is 5.32 Å². The lowest BCUT2D eigenvalue weighted by Crippen LogP contribution is -2.36. The lowest BCUT2D eigenvalue weighted by atomic mass is 9.78. The van der Waals surface area contributed by atoms with Crippen LogP contribution in [0.4, 0.5) is 0 Å². The molecule has 1 heterocycles. The molecule has 0 bridgehead atoms. The van der Waals surface area contributed by atoms with E-state index in [0.29, 0.717) is 11.8 Å². The molecule has 0 aromatic carbocycles. The first-order valence-electron chi connectivity index (χ1n) is 4.75. The highest BCUT2D eigenvalue weighted by Gasteiger charge is 2.40. The van der Waals surface area contributed by atoms with Gasteiger partial charge >= 0.3 is 5.97 Å². The fourth-order valence-electron chi connectivity index (χ4n) is 2.63. The van der Waals surface area contributed by atoms with Crippen LogP contribution in [0, 0.1) is 11.8 Å². The number of aliphatic carboxylic acids is 1. The average Bonchev–Trinajstić information content (AvgIpc) is 2.47. The van der Waals surface area contributed by atoms with Gasteiger partial charge in [0.15, 0.2) is 0 Å². The Morgan fingerprint density at radius 2 is 2.08 bits per heavy atom. The Bertz CT molecular complexity index is 193. The number of nitrogens with one attached hydrogen (secondary N) is 1. The number of hydrogen-bond donors (Lipinski definition) is 2. The Morgan fingerprint density at radius 1 is 1.33 bits per heavy atom. The van der Waals surface area contributed by atoms with Crippen LogP contribution in [-0.4, -0.2) is 23.7 Å². The third-order valence-corrected chi connectivity index (χ3v) is 3.26. The highest BCUT2D eigenvalue weighted by molar-refractivity contribution is 5.74. The van der Waals surface area contributed by atoms with Crippen molar-refractivity contribution in [2.75, 3.05) is 6.54 Å². The van der Waals surface area contributed by atoms with Gasteiger partial charge in [-0.2, -0.15) is 0 Å². The number of carboxylic acid groups (broad SMARTS) is 1. The molecule has 0 spiro atoms. The lowest BCUT2D eigenvalue weighted by Gasteiger charge is -2.26. The number of rotatable bonds is 1. The molecular formula is C9H15NO2. The number of hydrogen-bond acceptors (Lipinski definition) is 2. The minimum atomic E-state index is -0.663. The van der Waals surface area contributed by atoms with Gasteiger partial charge in [0.25, 0.3) is 0 Å². The first-order chi connectivity index (χ1) is 5.79. The van der Waals surface area contributed by atoms with E-state index in [9.17, 15) is 4.79 Å². The van der Waals surface area contributed by atoms with Crippen LogP contribution >= 0.6 is 0 Å². The van der Waals surface area contributed by atoms with Crippen LogP contribution in [0.5, 0.6) is 0 Å². The Morgan fingerprint density at radius 3 is 2.83 bits per heavy atom. The Balaban J connectivity index is 2.05. The fourth-order valence-corrected chi connectivity index (χ4v) is 2.63. The predicted octanol–water partition coefficient (Wildman–Crippen LogP) is 0.849. The number of carbonyl (C=O) groups is 1. The van der Waals surface area contributed by atoms with Gasteiger partial charge in [-0.1, -0.05) is 12.8 Å². The minimum absolute atomic E-state index is 0.254. The van der Waals surface area contributed by atoms with Crippen LogP contribution < -0.4 is 5.32 Å². The molecule has 2 fully saturated rings. The second-order valence-electron chi connectivity index (χ2n) is 3.93. The van der Waals surface area contributed by atoms with Crippen LogP contribution in [0.25, 0.3) is 0 Å². The molecule has 1 saturated carbocycles. The van der Waals surface area contributed by atoms with Crippen molar-refractivity contribution in [3.8, 4) is 0 Å². The molecule has 0 unspecified atom stereocenters. The second kappa shape index (κ2) is 3.05. The molecule has 12 heavy (non-hydrogen) atoms. The molecule has 0 aromatic rings. The second-order valence-corrected chi connectivity index (χ2v) is 3.93. The van der Waals surface area contributed by atoms with Gasteiger partial charge < -0.3 is 10.4 Å². The standard InChI is InChI=1S/C9H15NO2/c11-9(12)8-7-4-2-1-3-6(7)5-10-8/h6-8,10H,1-5H2,(H,11,12)/t6-,7-,8-/m1/s1. The largest absolute Gasteiger partial charge is 0.480 e. The van der Waals surface area contributed by atoms with Gasteiger partial charge in [-0.3, -0.25) is 4.79 Å². The number of carboxylic acids is 1. The molecule has 0 radical (unpaired) electrons. The summed E-state index contributed by atoms with van der Waals surface area (Å²) in [5.74, 6) is 0.389. The van der Waals surface area contributed by atoms with E-state index in [1.807, 2.05) is 0 Å². The molecule has 1 aliphatic heterocycles. The smallest absolute Gasteiger partial charge is 0.320 e. The molecule has 0 amide bonds. The first-order valence-corrected chi connectivity index (χ1v) is 4.75. The van der Waals surface area contributed by atoms with Gasteiger partial charge in [-0.15, -0.1) is 0 Å². The van der Waals surface area contributed by atoms with Crippen molar-refractivity contribution in [3.05, 3.63) is 0 Å². The third kappa shape index (κ3) is 1.22. The van der Waals surface area contributed by atoms with Gasteiger partial charge in [-0.25, -0.2) is 0 Å². The van der Waals surface area contributed by atoms with E-state index in [1.54, 1.807) is 0 Å². The van der Waals surface area contributed by atoms with E-state index in [0.717, 1.165) is 13.0 Å². The monoisotopic (exact) mass is 169 g/mol. The van der Waals surface area contributed by atoms with Crippen molar-refractivity contribution in [2.45, 2.75) is 31.7 Å². The summed E-state index contributed by atoms with van der Waals surface area (Å²) in [6.45, 7) is 0.918. The van der Waals surface area contributed by atoms with Crippen molar-refractivity contribution in [2.24, 2.45) is 11.8 Å². The maximum atomic E-state index is 10.8. The van der Waals surface area contributed by atoms with E-state index >= 15 is 0 Å². The van der Waals surface area contributed by atoms with Crippen molar-refractivity contribution in [1.29, 1.82) is 0 Å². The topological polar surface area (TPSA) is 49.3 Å². The predicted molar refractivity (Wildman–Crippen MR) is 44.9 cm³/mol. The van der Waals surface area contributed by atoms with Crippen LogP contribution in [-0.2, 0) is 4.79 Å². The summed E-state index contributed by atoms with van der Waals surface area (Å²) in [6.07, 6.45) is 4.83. The molecule has 0 aromatic heterocycles. The van der Waals surface area contributed by atoms with Crippen LogP contribution in [0.3, 0.4) is 0 Å². The SMILES string of the molecule is O=C(O)[C@@H]1NC[C@H]2CCCC[C@H]21. The summed E-state index contributed by atoms with van der Waals surface area (Å²) in [7, 11) is 0. The fraction of sp³-hybridized carbons (Fsp3) is 0.889. The first kappa shape index (κ1) is 8.05. The molecule has 3 heteroatoms. The summed E-state index contributed by atoms with van der Waals surface area (Å²) < 4.78 is 0. The molecule has 2 N–H and O–H groups in total. The zero-order chi connectivity index (χ0) is 8.55. The van der Waals surface area contributed by atoms with Crippen LogP contribution in [0.1, 0.15) is 25.7 Å². The van der Waals surface area contributed by atoms with Gasteiger partial charge in [0, 0.05) is 0 Å². The molecular weight excluding hydrogens is 154 g/mol. The van der Waals surface area contributed by atoms with E-state index < -0.39 is 5.97 Å². The highest BCUT2D eigenvalue weighted by atomic mass is 16.4. The number of fused-ring (bicyclic) bond motifs is 1. The summed E-state index contributed by atoms with van der Waals surface area (Å²) in [5, 5.41) is 12.0. The molecule has 1 saturated heterocycles. The van der Waals surface area contributed by atoms with Crippen molar-refractivity contribution in [3.63, 3.8) is 0 Å². The van der Waals surface area contributed by atoms with Crippen molar-refractivity contribution < 1.29 is 9.90 Å². The Labute approximate surface area is 72.2 Å². The van der Waals surface area contributed by atoms with Crippen LogP contribution in [0.15, 0.2) is 0 Å². The van der Waals surface area contributed by atoms with Gasteiger partial charge in [0.05, 0.1) is 0 Å². The van der Waals surface area contributed by atoms with E-state index in [1.165, 1.54) is 19.3 Å². The van der Waals surface area contributed by atoms with Crippen LogP contribution in [0.2, 0.25) is 0 Å². The molecule has 2 aliphatic rings. The van der Waals surface area contributed by atoms with E-state index in [-0.39, 0.29) is 6.04 Å². The third-order valence-electron chi connectivity index (χ3n) is 3.26. The summed E-state index contributed by atoms with van der Waals surface area (Å²) in [4.78, 5) is 10.8. The maximum Gasteiger partial charge on any atom is 0.320 e. The quantitative estimate of drug-likeness (QED) is 0.611. The molecule has 1 aliphatic carbocycles. The summed E-state index contributed by atoms with van der Waals surface area (Å²) in [6, 6.07) is -0.254. The minimum Gasteiger partial charge on any atom is -0.480 e. The molecule has 68 valence electrons. The molecule has 2 rings (SSSR count). The van der Waals surface area contributed by atoms with Gasteiger partial charge in [0.1, 0.15) is 6.04 Å². The van der Waals surface area contributed by atoms with Crippen molar-refractivity contribution >= 4 is 5.97 Å².